The number of hydrogen-bond donors (Lipinski definition) is 2. The van der Waals surface area contributed by atoms with Gasteiger partial charge in [-0.3, -0.25) is 10.1 Å². The molecule has 0 spiro atoms. The van der Waals surface area contributed by atoms with Crippen molar-refractivity contribution < 1.29 is 19.1 Å². The Balaban J connectivity index is 1.49. The van der Waals surface area contributed by atoms with Crippen molar-refractivity contribution >= 4 is 41.0 Å². The second-order valence-electron chi connectivity index (χ2n) is 4.79. The number of rotatable bonds is 4. The molecule has 0 bridgehead atoms. The van der Waals surface area contributed by atoms with E-state index in [0.717, 1.165) is 4.90 Å². The van der Waals surface area contributed by atoms with Gasteiger partial charge in [0.2, 0.25) is 12.7 Å². The van der Waals surface area contributed by atoms with Gasteiger partial charge in [0.1, 0.15) is 0 Å². The van der Waals surface area contributed by atoms with Crippen LogP contribution >= 0.6 is 23.4 Å². The third-order valence-electron chi connectivity index (χ3n) is 3.08. The van der Waals surface area contributed by atoms with Gasteiger partial charge in [0.25, 0.3) is 0 Å². The van der Waals surface area contributed by atoms with Gasteiger partial charge in [-0.25, -0.2) is 4.79 Å². The molecule has 0 unspecified atom stereocenters. The molecular formula is C16H13ClN2O4S. The molecule has 0 saturated carbocycles. The van der Waals surface area contributed by atoms with Crippen molar-refractivity contribution in [3.05, 3.63) is 47.5 Å². The SMILES string of the molecule is O=C(CSc1ccccc1Cl)NC(=O)Nc1ccc2c(c1)OCO2. The molecule has 0 aliphatic carbocycles. The number of nitrogens with one attached hydrogen (secondary N) is 2. The number of hydrogen-bond acceptors (Lipinski definition) is 5. The summed E-state index contributed by atoms with van der Waals surface area (Å²) >= 11 is 7.27. The van der Waals surface area contributed by atoms with Crippen LogP contribution in [-0.2, 0) is 4.79 Å². The lowest BCUT2D eigenvalue weighted by atomic mass is 10.3. The van der Waals surface area contributed by atoms with Crippen molar-refractivity contribution in [2.24, 2.45) is 0 Å². The number of anilines is 1. The maximum atomic E-state index is 11.9. The van der Waals surface area contributed by atoms with Gasteiger partial charge in [0, 0.05) is 16.6 Å². The van der Waals surface area contributed by atoms with Crippen LogP contribution in [0.2, 0.25) is 5.02 Å². The van der Waals surface area contributed by atoms with E-state index in [1.807, 2.05) is 18.2 Å². The lowest BCUT2D eigenvalue weighted by Gasteiger charge is -2.08. The Kier molecular flexibility index (Phi) is 5.12. The molecule has 1 aliphatic heterocycles. The van der Waals surface area contributed by atoms with Crippen LogP contribution in [0.3, 0.4) is 0 Å². The number of imide groups is 1. The Morgan fingerprint density at radius 3 is 2.75 bits per heavy atom. The van der Waals surface area contributed by atoms with Gasteiger partial charge in [-0.15, -0.1) is 11.8 Å². The molecule has 2 aromatic rings. The summed E-state index contributed by atoms with van der Waals surface area (Å²) in [4.78, 5) is 24.5. The van der Waals surface area contributed by atoms with Gasteiger partial charge in [0.15, 0.2) is 11.5 Å². The summed E-state index contributed by atoms with van der Waals surface area (Å²) < 4.78 is 10.4. The molecule has 2 N–H and O–H groups in total. The molecule has 3 rings (SSSR count). The van der Waals surface area contributed by atoms with Gasteiger partial charge < -0.3 is 14.8 Å². The molecule has 1 aliphatic rings. The highest BCUT2D eigenvalue weighted by Gasteiger charge is 2.15. The predicted molar refractivity (Wildman–Crippen MR) is 91.9 cm³/mol. The maximum Gasteiger partial charge on any atom is 0.325 e. The highest BCUT2D eigenvalue weighted by atomic mass is 35.5. The monoisotopic (exact) mass is 364 g/mol. The fraction of sp³-hybridized carbons (Fsp3) is 0.125. The number of ether oxygens (including phenoxy) is 2. The van der Waals surface area contributed by atoms with Crippen molar-refractivity contribution in [3.63, 3.8) is 0 Å². The standard InChI is InChI=1S/C16H13ClN2O4S/c17-11-3-1-2-4-14(11)24-8-15(20)19-16(21)18-10-5-6-12-13(7-10)23-9-22-12/h1-7H,8-9H2,(H2,18,19,20,21). The summed E-state index contributed by atoms with van der Waals surface area (Å²) in [7, 11) is 0. The predicted octanol–water partition coefficient (Wildman–Crippen LogP) is 3.51. The van der Waals surface area contributed by atoms with E-state index in [4.69, 9.17) is 21.1 Å². The number of thioether (sulfide) groups is 1. The lowest BCUT2D eigenvalue weighted by Crippen LogP contribution is -2.35. The fourth-order valence-corrected chi connectivity index (χ4v) is 3.04. The van der Waals surface area contributed by atoms with Crippen LogP contribution in [-0.4, -0.2) is 24.5 Å². The van der Waals surface area contributed by atoms with Crippen molar-refractivity contribution in [2.45, 2.75) is 4.90 Å². The number of carbonyl (C=O) groups is 2. The van der Waals surface area contributed by atoms with E-state index in [1.54, 1.807) is 24.3 Å². The van der Waals surface area contributed by atoms with Crippen LogP contribution in [0.15, 0.2) is 47.4 Å². The van der Waals surface area contributed by atoms with E-state index in [-0.39, 0.29) is 12.5 Å². The lowest BCUT2D eigenvalue weighted by molar-refractivity contribution is -0.117. The van der Waals surface area contributed by atoms with Gasteiger partial charge in [-0.2, -0.15) is 0 Å². The van der Waals surface area contributed by atoms with E-state index < -0.39 is 11.9 Å². The normalized spacial score (nSPS) is 11.9. The molecule has 124 valence electrons. The van der Waals surface area contributed by atoms with Crippen LogP contribution in [0.1, 0.15) is 0 Å². The Bertz CT molecular complexity index is 784. The molecule has 2 aromatic carbocycles. The highest BCUT2D eigenvalue weighted by molar-refractivity contribution is 8.00. The first-order valence-corrected chi connectivity index (χ1v) is 8.36. The summed E-state index contributed by atoms with van der Waals surface area (Å²) in [5.41, 5.74) is 0.503. The molecule has 1 heterocycles. The van der Waals surface area contributed by atoms with Crippen LogP contribution in [0, 0.1) is 0 Å². The molecule has 0 aromatic heterocycles. The number of fused-ring (bicyclic) bond motifs is 1. The molecule has 24 heavy (non-hydrogen) atoms. The van der Waals surface area contributed by atoms with E-state index in [1.165, 1.54) is 11.8 Å². The number of urea groups is 1. The topological polar surface area (TPSA) is 76.7 Å². The Morgan fingerprint density at radius 1 is 1.12 bits per heavy atom. The van der Waals surface area contributed by atoms with Gasteiger partial charge in [-0.05, 0) is 24.3 Å². The zero-order chi connectivity index (χ0) is 16.9. The molecule has 0 fully saturated rings. The number of amides is 3. The molecule has 0 radical (unpaired) electrons. The Labute approximate surface area is 147 Å². The fourth-order valence-electron chi connectivity index (χ4n) is 2.00. The van der Waals surface area contributed by atoms with E-state index in [9.17, 15) is 9.59 Å². The first-order valence-electron chi connectivity index (χ1n) is 6.99. The smallest absolute Gasteiger partial charge is 0.325 e. The molecule has 8 heteroatoms. The maximum absolute atomic E-state index is 11.9. The van der Waals surface area contributed by atoms with Crippen molar-refractivity contribution in [1.29, 1.82) is 0 Å². The van der Waals surface area contributed by atoms with Crippen molar-refractivity contribution in [2.75, 3.05) is 17.9 Å². The quantitative estimate of drug-likeness (QED) is 0.812. The largest absolute Gasteiger partial charge is 0.454 e. The highest BCUT2D eigenvalue weighted by Crippen LogP contribution is 2.34. The van der Waals surface area contributed by atoms with Crippen LogP contribution in [0.4, 0.5) is 10.5 Å². The van der Waals surface area contributed by atoms with Crippen LogP contribution < -0.4 is 20.1 Å². The van der Waals surface area contributed by atoms with Gasteiger partial charge >= 0.3 is 6.03 Å². The first-order chi connectivity index (χ1) is 11.6. The number of benzene rings is 2. The minimum Gasteiger partial charge on any atom is -0.454 e. The summed E-state index contributed by atoms with van der Waals surface area (Å²) in [6.45, 7) is 0.155. The third-order valence-corrected chi connectivity index (χ3v) is 4.59. The molecule has 6 nitrogen and oxygen atoms in total. The third kappa shape index (κ3) is 4.12. The average molecular weight is 365 g/mol. The minimum atomic E-state index is -0.612. The summed E-state index contributed by atoms with van der Waals surface area (Å²) in [6, 6.07) is 11.6. The van der Waals surface area contributed by atoms with E-state index >= 15 is 0 Å². The summed E-state index contributed by atoms with van der Waals surface area (Å²) in [6.07, 6.45) is 0. The molecular weight excluding hydrogens is 352 g/mol. The second kappa shape index (κ2) is 7.46. The molecule has 0 atom stereocenters. The minimum absolute atomic E-state index is 0.0816. The van der Waals surface area contributed by atoms with E-state index in [0.29, 0.717) is 22.2 Å². The summed E-state index contributed by atoms with van der Waals surface area (Å²) in [5, 5.41) is 5.40. The van der Waals surface area contributed by atoms with Gasteiger partial charge in [-0.1, -0.05) is 23.7 Å². The van der Waals surface area contributed by atoms with Crippen LogP contribution in [0.25, 0.3) is 0 Å². The number of carbonyl (C=O) groups excluding carboxylic acids is 2. The number of halogens is 1. The van der Waals surface area contributed by atoms with Crippen molar-refractivity contribution in [3.8, 4) is 11.5 Å². The first kappa shape index (κ1) is 16.5. The van der Waals surface area contributed by atoms with Gasteiger partial charge in [0.05, 0.1) is 10.8 Å². The second-order valence-corrected chi connectivity index (χ2v) is 6.21. The Hall–Kier alpha value is -2.38. The van der Waals surface area contributed by atoms with Crippen molar-refractivity contribution in [1.82, 2.24) is 5.32 Å². The Morgan fingerprint density at radius 2 is 1.92 bits per heavy atom. The average Bonchev–Trinajstić information content (AvgIpc) is 3.01. The zero-order valence-corrected chi connectivity index (χ0v) is 13.9. The molecule has 0 saturated heterocycles. The zero-order valence-electron chi connectivity index (χ0n) is 12.4. The molecule has 3 amide bonds. The summed E-state index contributed by atoms with van der Waals surface area (Å²) in [5.74, 6) is 0.831. The van der Waals surface area contributed by atoms with Crippen LogP contribution in [0.5, 0.6) is 11.5 Å². The van der Waals surface area contributed by atoms with E-state index in [2.05, 4.69) is 10.6 Å².